The van der Waals surface area contributed by atoms with Gasteiger partial charge in [-0.2, -0.15) is 0 Å². The molecule has 0 aromatic heterocycles. The van der Waals surface area contributed by atoms with Crippen LogP contribution in [0.4, 0.5) is 0 Å². The summed E-state index contributed by atoms with van der Waals surface area (Å²) < 4.78 is 5.59. The van der Waals surface area contributed by atoms with Gasteiger partial charge < -0.3 is 14.9 Å². The molecule has 0 amide bonds. The first kappa shape index (κ1) is 18.4. The molecule has 0 saturated heterocycles. The van der Waals surface area contributed by atoms with E-state index in [-0.39, 0.29) is 18.1 Å². The van der Waals surface area contributed by atoms with Crippen molar-refractivity contribution in [2.24, 2.45) is 23.2 Å². The van der Waals surface area contributed by atoms with E-state index >= 15 is 0 Å². The molecule has 3 rings (SSSR count). The van der Waals surface area contributed by atoms with Gasteiger partial charge in [0.05, 0.1) is 18.8 Å². The Bertz CT molecular complexity index is 442. The Kier molecular flexibility index (Phi) is 6.05. The third kappa shape index (κ3) is 3.32. The fraction of sp³-hybridized carbons (Fsp3) is 0.905. The molecule has 6 atom stereocenters. The van der Waals surface area contributed by atoms with Crippen LogP contribution in [-0.4, -0.2) is 36.1 Å². The van der Waals surface area contributed by atoms with Crippen LogP contribution in [-0.2, 0) is 4.74 Å². The molecule has 138 valence electrons. The summed E-state index contributed by atoms with van der Waals surface area (Å²) in [4.78, 5) is 0. The number of hydrogen-bond acceptors (Lipinski definition) is 3. The van der Waals surface area contributed by atoms with Crippen LogP contribution in [0.5, 0.6) is 0 Å². The molecular formula is C21H36O3. The lowest BCUT2D eigenvalue weighted by Crippen LogP contribution is -2.49. The van der Waals surface area contributed by atoms with Crippen LogP contribution in [0.3, 0.4) is 0 Å². The van der Waals surface area contributed by atoms with Crippen LogP contribution >= 0.6 is 0 Å². The first-order chi connectivity index (χ1) is 11.6. The highest BCUT2D eigenvalue weighted by Gasteiger charge is 2.51. The van der Waals surface area contributed by atoms with Crippen LogP contribution in [0, 0.1) is 23.2 Å². The Labute approximate surface area is 147 Å². The van der Waals surface area contributed by atoms with E-state index < -0.39 is 0 Å². The van der Waals surface area contributed by atoms with Gasteiger partial charge in [0, 0.05) is 12.5 Å². The van der Waals surface area contributed by atoms with Gasteiger partial charge in [0.25, 0.3) is 0 Å². The van der Waals surface area contributed by atoms with Gasteiger partial charge in [-0.15, -0.1) is 0 Å². The molecule has 0 heterocycles. The van der Waals surface area contributed by atoms with Crippen molar-refractivity contribution in [1.29, 1.82) is 0 Å². The van der Waals surface area contributed by atoms with Gasteiger partial charge in [-0.05, 0) is 69.1 Å². The molecule has 0 radical (unpaired) electrons. The van der Waals surface area contributed by atoms with Crippen molar-refractivity contribution in [2.75, 3.05) is 13.7 Å². The fourth-order valence-electron chi connectivity index (χ4n) is 6.08. The number of ether oxygens (including phenoxy) is 1. The second kappa shape index (κ2) is 7.88. The zero-order chi connectivity index (χ0) is 17.2. The molecular weight excluding hydrogens is 300 g/mol. The second-order valence-corrected chi connectivity index (χ2v) is 8.48. The summed E-state index contributed by atoms with van der Waals surface area (Å²) in [7, 11) is 1.83. The van der Waals surface area contributed by atoms with Crippen LogP contribution in [0.2, 0.25) is 0 Å². The normalized spacial score (nSPS) is 40.4. The lowest BCUT2D eigenvalue weighted by atomic mass is 9.51. The number of allylic oxidation sites excluding steroid dienone is 1. The highest BCUT2D eigenvalue weighted by molar-refractivity contribution is 5.25. The van der Waals surface area contributed by atoms with Gasteiger partial charge in [-0.3, -0.25) is 0 Å². The fourth-order valence-corrected chi connectivity index (χ4v) is 6.08. The number of aliphatic hydroxyl groups is 2. The molecule has 3 nitrogen and oxygen atoms in total. The molecule has 0 bridgehead atoms. The first-order valence-corrected chi connectivity index (χ1v) is 10.2. The van der Waals surface area contributed by atoms with Crippen molar-refractivity contribution in [1.82, 2.24) is 0 Å². The van der Waals surface area contributed by atoms with E-state index in [1.807, 2.05) is 7.11 Å². The molecule has 2 saturated carbocycles. The van der Waals surface area contributed by atoms with Gasteiger partial charge in [-0.25, -0.2) is 0 Å². The lowest BCUT2D eigenvalue weighted by molar-refractivity contribution is -0.0376. The molecule has 0 spiro atoms. The molecule has 0 aromatic carbocycles. The highest BCUT2D eigenvalue weighted by atomic mass is 16.5. The van der Waals surface area contributed by atoms with Gasteiger partial charge in [-0.1, -0.05) is 31.4 Å². The molecule has 3 aliphatic carbocycles. The van der Waals surface area contributed by atoms with Crippen molar-refractivity contribution in [3.05, 3.63) is 11.6 Å². The molecule has 24 heavy (non-hydrogen) atoms. The maximum Gasteiger partial charge on any atom is 0.0577 e. The highest BCUT2D eigenvalue weighted by Crippen LogP contribution is 2.58. The third-order valence-corrected chi connectivity index (χ3v) is 7.51. The maximum absolute atomic E-state index is 10.3. The van der Waals surface area contributed by atoms with Crippen molar-refractivity contribution in [3.63, 3.8) is 0 Å². The lowest BCUT2D eigenvalue weighted by Gasteiger charge is -2.55. The number of rotatable bonds is 6. The topological polar surface area (TPSA) is 49.7 Å². The van der Waals surface area contributed by atoms with Crippen molar-refractivity contribution < 1.29 is 14.9 Å². The summed E-state index contributed by atoms with van der Waals surface area (Å²) >= 11 is 0. The maximum atomic E-state index is 10.3. The summed E-state index contributed by atoms with van der Waals surface area (Å²) in [5.41, 5.74) is 1.35. The van der Waals surface area contributed by atoms with Crippen LogP contribution in [0.15, 0.2) is 11.6 Å². The molecule has 3 heteroatoms. The van der Waals surface area contributed by atoms with Gasteiger partial charge in [0.2, 0.25) is 0 Å². The van der Waals surface area contributed by atoms with Crippen LogP contribution < -0.4 is 0 Å². The number of methoxy groups -OCH3 is 1. The summed E-state index contributed by atoms with van der Waals surface area (Å²) in [5, 5.41) is 20.4. The van der Waals surface area contributed by atoms with Crippen molar-refractivity contribution in [3.8, 4) is 0 Å². The standard InChI is InChI=1S/C21H36O3/c1-3-18(24-2)9-7-15-5-4-6-20-19(15)10-8-16-13-17(23)11-12-21(16,20)14-22/h8,15,17-20,22-23H,3-7,9-14H2,1-2H3. The first-order valence-electron chi connectivity index (χ1n) is 10.2. The zero-order valence-electron chi connectivity index (χ0n) is 15.5. The minimum Gasteiger partial charge on any atom is -0.395 e. The summed E-state index contributed by atoms with van der Waals surface area (Å²) in [6.45, 7) is 2.48. The molecule has 0 aliphatic heterocycles. The summed E-state index contributed by atoms with van der Waals surface area (Å²) in [6.07, 6.45) is 13.8. The quantitative estimate of drug-likeness (QED) is 0.719. The molecule has 6 unspecified atom stereocenters. The Morgan fingerprint density at radius 3 is 2.88 bits per heavy atom. The van der Waals surface area contributed by atoms with E-state index in [1.54, 1.807) is 0 Å². The van der Waals surface area contributed by atoms with E-state index in [0.29, 0.717) is 12.0 Å². The SMILES string of the molecule is CCC(CCC1CCCC2C1CC=C1CC(O)CCC12CO)OC. The molecule has 0 aromatic rings. The molecule has 3 aliphatic rings. The van der Waals surface area contributed by atoms with Crippen LogP contribution in [0.1, 0.15) is 71.1 Å². The van der Waals surface area contributed by atoms with Gasteiger partial charge in [0.1, 0.15) is 0 Å². The van der Waals surface area contributed by atoms with E-state index in [2.05, 4.69) is 13.0 Å². The van der Waals surface area contributed by atoms with E-state index in [9.17, 15) is 10.2 Å². The average molecular weight is 337 g/mol. The Morgan fingerprint density at radius 2 is 2.17 bits per heavy atom. The predicted octanol–water partition coefficient (Wildman–Crippen LogP) is 4.08. The molecule has 2 fully saturated rings. The van der Waals surface area contributed by atoms with E-state index in [1.165, 1.54) is 37.7 Å². The summed E-state index contributed by atoms with van der Waals surface area (Å²) in [5.74, 6) is 2.12. The number of aliphatic hydroxyl groups excluding tert-OH is 2. The van der Waals surface area contributed by atoms with Crippen molar-refractivity contribution >= 4 is 0 Å². The third-order valence-electron chi connectivity index (χ3n) is 7.51. The van der Waals surface area contributed by atoms with Crippen LogP contribution in [0.25, 0.3) is 0 Å². The molecule has 2 N–H and O–H groups in total. The Morgan fingerprint density at radius 1 is 1.33 bits per heavy atom. The van der Waals surface area contributed by atoms with E-state index in [4.69, 9.17) is 4.74 Å². The van der Waals surface area contributed by atoms with Gasteiger partial charge in [0.15, 0.2) is 0 Å². The Balaban J connectivity index is 1.75. The summed E-state index contributed by atoms with van der Waals surface area (Å²) in [6, 6.07) is 0. The smallest absolute Gasteiger partial charge is 0.0577 e. The number of hydrogen-bond donors (Lipinski definition) is 2. The minimum atomic E-state index is -0.195. The second-order valence-electron chi connectivity index (χ2n) is 8.48. The number of fused-ring (bicyclic) bond motifs is 3. The zero-order valence-corrected chi connectivity index (χ0v) is 15.5. The average Bonchev–Trinajstić information content (AvgIpc) is 2.62. The van der Waals surface area contributed by atoms with Gasteiger partial charge >= 0.3 is 0 Å². The predicted molar refractivity (Wildman–Crippen MR) is 96.7 cm³/mol. The largest absolute Gasteiger partial charge is 0.395 e. The minimum absolute atomic E-state index is 0.0216. The van der Waals surface area contributed by atoms with E-state index in [0.717, 1.165) is 43.9 Å². The monoisotopic (exact) mass is 336 g/mol. The van der Waals surface area contributed by atoms with Crippen molar-refractivity contribution in [2.45, 2.75) is 83.3 Å². The Hall–Kier alpha value is -0.380.